The first kappa shape index (κ1) is 41.9. The van der Waals surface area contributed by atoms with Gasteiger partial charge in [0.25, 0.3) is 0 Å². The first-order valence-electron chi connectivity index (χ1n) is 20.1. The van der Waals surface area contributed by atoms with E-state index in [1.54, 1.807) is 0 Å². The Labute approximate surface area is 368 Å². The summed E-state index contributed by atoms with van der Waals surface area (Å²) in [5, 5.41) is 4.02. The summed E-state index contributed by atoms with van der Waals surface area (Å²) in [4.78, 5) is 9.65. The summed E-state index contributed by atoms with van der Waals surface area (Å²) in [5.74, 6) is 0.503. The predicted octanol–water partition coefficient (Wildman–Crippen LogP) is 14.7. The van der Waals surface area contributed by atoms with Gasteiger partial charge >= 0.3 is 0 Å². The van der Waals surface area contributed by atoms with E-state index in [9.17, 15) is 0 Å². The summed E-state index contributed by atoms with van der Waals surface area (Å²) < 4.78 is 2.53. The van der Waals surface area contributed by atoms with E-state index in [4.69, 9.17) is 9.97 Å². The molecule has 9 aromatic rings. The molecule has 0 aliphatic heterocycles. The zero-order chi connectivity index (χ0) is 40.4. The molecule has 0 amide bonds. The van der Waals surface area contributed by atoms with Crippen LogP contribution in [0.4, 0.5) is 0 Å². The van der Waals surface area contributed by atoms with Gasteiger partial charge in [0.2, 0.25) is 0 Å². The fraction of sp³-hybridized carbons (Fsp3) is 0.148. The minimum Gasteiger partial charge on any atom is -0.305 e. The summed E-state index contributed by atoms with van der Waals surface area (Å²) in [6.45, 7) is 16.0. The van der Waals surface area contributed by atoms with E-state index in [1.807, 2.05) is 35.7 Å². The van der Waals surface area contributed by atoms with Gasteiger partial charge in [0.05, 0.1) is 8.07 Å². The maximum absolute atomic E-state index is 4.85. The molecule has 0 unspecified atom stereocenters. The smallest absolute Gasteiger partial charge is 0.0799 e. The van der Waals surface area contributed by atoms with E-state index >= 15 is 0 Å². The number of nitrogens with zero attached hydrogens (tertiary/aromatic N) is 2. The van der Waals surface area contributed by atoms with Crippen LogP contribution in [0, 0.1) is 26.0 Å². The van der Waals surface area contributed by atoms with Crippen molar-refractivity contribution in [3.8, 4) is 55.9 Å². The molecule has 3 heterocycles. The first-order chi connectivity index (χ1) is 28.0. The van der Waals surface area contributed by atoms with Gasteiger partial charge in [0.15, 0.2) is 0 Å². The number of fused-ring (bicyclic) bond motifs is 3. The van der Waals surface area contributed by atoms with Crippen molar-refractivity contribution in [1.82, 2.24) is 9.97 Å². The minimum atomic E-state index is -1.40. The van der Waals surface area contributed by atoms with Crippen LogP contribution in [0.1, 0.15) is 36.5 Å². The van der Waals surface area contributed by atoms with Gasteiger partial charge in [-0.2, -0.15) is 11.3 Å². The van der Waals surface area contributed by atoms with Crippen LogP contribution in [0.15, 0.2) is 158 Å². The Hall–Kier alpha value is -5.29. The van der Waals surface area contributed by atoms with Gasteiger partial charge in [0, 0.05) is 42.8 Å². The fourth-order valence-electron chi connectivity index (χ4n) is 7.75. The minimum absolute atomic E-state index is 0. The molecule has 0 spiro atoms. The van der Waals surface area contributed by atoms with Gasteiger partial charge in [-0.1, -0.05) is 178 Å². The molecule has 1 radical (unpaired) electrons. The SMILES string of the molecule is Cc1cc(-c2[c-]ccc3c2sc2cc(-c4ccccc4)ccc23)ncc1-c1ccccc1.Cc1cc(-c2cc(C(C)C)c([Si](C)(C)C)cn2)[c-]cc1-c1ccccc1.[Ir]. The van der Waals surface area contributed by atoms with E-state index in [1.165, 1.54) is 75.4 Å². The van der Waals surface area contributed by atoms with Crippen LogP contribution < -0.4 is 5.19 Å². The molecule has 0 saturated heterocycles. The molecule has 9 rings (SSSR count). The second kappa shape index (κ2) is 17.9. The molecule has 3 aromatic heterocycles. The summed E-state index contributed by atoms with van der Waals surface area (Å²) >= 11 is 1.83. The number of hydrogen-bond acceptors (Lipinski definition) is 3. The number of hydrogen-bond donors (Lipinski definition) is 0. The Bertz CT molecular complexity index is 2860. The van der Waals surface area contributed by atoms with E-state index in [0.29, 0.717) is 5.92 Å². The summed E-state index contributed by atoms with van der Waals surface area (Å²) in [5.41, 5.74) is 15.4. The molecular weight excluding hydrogens is 929 g/mol. The van der Waals surface area contributed by atoms with Crippen LogP contribution in [0.2, 0.25) is 19.6 Å². The summed E-state index contributed by atoms with van der Waals surface area (Å²) in [6, 6.07) is 58.2. The largest absolute Gasteiger partial charge is 0.305 e. The van der Waals surface area contributed by atoms with Crippen LogP contribution in [-0.4, -0.2) is 18.0 Å². The molecule has 0 aliphatic rings. The molecule has 0 fully saturated rings. The summed E-state index contributed by atoms with van der Waals surface area (Å²) in [7, 11) is -1.40. The number of benzene rings is 6. The van der Waals surface area contributed by atoms with E-state index in [0.717, 1.165) is 22.5 Å². The van der Waals surface area contributed by atoms with Crippen molar-refractivity contribution in [3.63, 3.8) is 0 Å². The van der Waals surface area contributed by atoms with Crippen molar-refractivity contribution in [2.75, 3.05) is 0 Å². The van der Waals surface area contributed by atoms with Crippen LogP contribution in [0.5, 0.6) is 0 Å². The van der Waals surface area contributed by atoms with Crippen molar-refractivity contribution in [2.45, 2.75) is 53.3 Å². The third-order valence-electron chi connectivity index (χ3n) is 10.9. The van der Waals surface area contributed by atoms with Crippen LogP contribution in [0.3, 0.4) is 0 Å². The molecular formula is C54H48IrN2SSi-2. The third kappa shape index (κ3) is 9.00. The number of aryl methyl sites for hydroxylation is 2. The molecule has 0 saturated carbocycles. The quantitative estimate of drug-likeness (QED) is 0.117. The molecule has 0 atom stereocenters. The van der Waals surface area contributed by atoms with Crippen LogP contribution in [-0.2, 0) is 20.1 Å². The fourth-order valence-corrected chi connectivity index (χ4v) is 10.7. The zero-order valence-corrected chi connectivity index (χ0v) is 38.9. The Kier molecular flexibility index (Phi) is 12.7. The van der Waals surface area contributed by atoms with Gasteiger partial charge in [-0.05, 0) is 67.8 Å². The van der Waals surface area contributed by atoms with Gasteiger partial charge in [0.1, 0.15) is 0 Å². The number of rotatable bonds is 7. The van der Waals surface area contributed by atoms with Crippen molar-refractivity contribution < 1.29 is 20.1 Å². The van der Waals surface area contributed by atoms with E-state index < -0.39 is 8.07 Å². The Morgan fingerprint density at radius 3 is 1.80 bits per heavy atom. The molecule has 6 aromatic carbocycles. The van der Waals surface area contributed by atoms with Crippen LogP contribution in [0.25, 0.3) is 76.1 Å². The molecule has 0 aliphatic carbocycles. The molecule has 295 valence electrons. The van der Waals surface area contributed by atoms with Gasteiger partial charge < -0.3 is 9.97 Å². The predicted molar refractivity (Wildman–Crippen MR) is 253 cm³/mol. The number of aromatic nitrogens is 2. The molecule has 59 heavy (non-hydrogen) atoms. The monoisotopic (exact) mass is 977 g/mol. The van der Waals surface area contributed by atoms with Crippen molar-refractivity contribution >= 4 is 44.8 Å². The average Bonchev–Trinajstić information content (AvgIpc) is 3.62. The average molecular weight is 977 g/mol. The normalized spacial score (nSPS) is 11.3. The van der Waals surface area contributed by atoms with Gasteiger partial charge in [-0.25, -0.2) is 0 Å². The molecule has 0 N–H and O–H groups in total. The second-order valence-electron chi connectivity index (χ2n) is 16.4. The van der Waals surface area contributed by atoms with E-state index in [2.05, 4.69) is 193 Å². The van der Waals surface area contributed by atoms with Crippen molar-refractivity contribution in [1.29, 1.82) is 0 Å². The Morgan fingerprint density at radius 2 is 1.19 bits per heavy atom. The van der Waals surface area contributed by atoms with E-state index in [-0.39, 0.29) is 20.1 Å². The standard InChI is InChI=1S/C30H20NS.C24H28NSi.Ir/c1-20-17-28(31-19-27(20)22-11-6-3-7-12-22)26-14-8-13-25-24-16-15-23(18-29(24)32-30(25)26)21-9-4-2-5-10-21;1-17(2)22-15-23(25-16-24(22)26(4,5)6)20-12-13-21(18(3)14-20)19-10-8-7-9-11-19;/h2-13,15-19H,1H3;7-11,13-17H,1-6H3;/q2*-1;. The van der Waals surface area contributed by atoms with Gasteiger partial charge in [-0.15, -0.1) is 53.1 Å². The third-order valence-corrected chi connectivity index (χ3v) is 14.1. The number of thiophene rings is 1. The maximum atomic E-state index is 4.85. The molecule has 0 bridgehead atoms. The van der Waals surface area contributed by atoms with Crippen molar-refractivity contribution in [2.24, 2.45) is 0 Å². The van der Waals surface area contributed by atoms with Crippen molar-refractivity contribution in [3.05, 3.63) is 187 Å². The first-order valence-corrected chi connectivity index (χ1v) is 24.4. The zero-order valence-electron chi connectivity index (χ0n) is 34.7. The second-order valence-corrected chi connectivity index (χ2v) is 22.5. The Balaban J connectivity index is 0.000000180. The summed E-state index contributed by atoms with van der Waals surface area (Å²) in [6.07, 6.45) is 4.11. The van der Waals surface area contributed by atoms with Gasteiger partial charge in [-0.3, -0.25) is 0 Å². The molecule has 2 nitrogen and oxygen atoms in total. The maximum Gasteiger partial charge on any atom is 0.0799 e. The molecule has 5 heteroatoms. The van der Waals surface area contributed by atoms with Crippen LogP contribution >= 0.6 is 11.3 Å². The number of pyridine rings is 2. The Morgan fingerprint density at radius 1 is 0.576 bits per heavy atom. The topological polar surface area (TPSA) is 25.8 Å².